The summed E-state index contributed by atoms with van der Waals surface area (Å²) in [5, 5.41) is 52.0. The fourth-order valence-corrected chi connectivity index (χ4v) is 15.2. The molecule has 4 aliphatic heterocycles. The van der Waals surface area contributed by atoms with Gasteiger partial charge in [-0.3, -0.25) is 25.3 Å². The van der Waals surface area contributed by atoms with Crippen LogP contribution in [0, 0.1) is 39.9 Å². The molecule has 658 valence electrons. The number of aromatic amines is 2. The lowest BCUT2D eigenvalue weighted by Crippen LogP contribution is -2.17. The molecule has 17 heterocycles. The Balaban J connectivity index is 0.000000120. The molecule has 0 aliphatic carbocycles. The van der Waals surface area contributed by atoms with Gasteiger partial charge in [-0.25, -0.2) is 88.1 Å². The summed E-state index contributed by atoms with van der Waals surface area (Å²) in [6.45, 7) is 23.5. The number of hydrogen-bond acceptors (Lipinski definition) is 27. The number of anilines is 5. The van der Waals surface area contributed by atoms with Gasteiger partial charge in [0.1, 0.15) is 52.5 Å². The van der Waals surface area contributed by atoms with Crippen LogP contribution in [-0.4, -0.2) is 169 Å². The molecule has 4 aliphatic rings. The third kappa shape index (κ3) is 21.2. The normalized spacial score (nSPS) is 15.7. The van der Waals surface area contributed by atoms with E-state index in [1.165, 1.54) is 55.7 Å². The maximum absolute atomic E-state index is 11.3. The minimum atomic E-state index is -0.400. The summed E-state index contributed by atoms with van der Waals surface area (Å²) < 4.78 is 38.8. The van der Waals surface area contributed by atoms with E-state index in [-0.39, 0.29) is 47.0 Å². The Morgan fingerprint density at radius 2 is 0.823 bits per heavy atom. The molecule has 22 rings (SSSR count). The molecule has 4 unspecified atom stereocenters. The van der Waals surface area contributed by atoms with Crippen LogP contribution in [0.25, 0.3) is 92.5 Å². The number of halogens is 2. The lowest BCUT2D eigenvalue weighted by Gasteiger charge is -2.24. The number of H-pyrrole nitrogens is 2. The Morgan fingerprint density at radius 1 is 0.446 bits per heavy atom. The van der Waals surface area contributed by atoms with Crippen LogP contribution in [-0.2, 0) is 18.9 Å². The molecule has 45 heteroatoms. The van der Waals surface area contributed by atoms with Gasteiger partial charge in [0.05, 0.1) is 116 Å². The molecule has 0 amide bonds. The highest BCUT2D eigenvalue weighted by Gasteiger charge is 2.27. The second kappa shape index (κ2) is 42.3. The van der Waals surface area contributed by atoms with Crippen molar-refractivity contribution in [3.05, 3.63) is 286 Å². The summed E-state index contributed by atoms with van der Waals surface area (Å²) in [6, 6.07) is 26.9. The van der Waals surface area contributed by atoms with Crippen LogP contribution in [0.3, 0.4) is 0 Å². The number of ether oxygens (including phenoxy) is 4. The van der Waals surface area contributed by atoms with E-state index in [1.807, 2.05) is 101 Å². The quantitative estimate of drug-likeness (QED) is 0.0222. The molecule has 0 radical (unpaired) electrons. The largest absolute Gasteiger partial charge is 0.412 e. The fraction of sp³-hybridized carbons (Fsp3) is 0.235. The van der Waals surface area contributed by atoms with Crippen molar-refractivity contribution < 1.29 is 34.3 Å². The van der Waals surface area contributed by atoms with Gasteiger partial charge in [-0.05, 0) is 171 Å². The Morgan fingerprint density at radius 3 is 1.20 bits per heavy atom. The van der Waals surface area contributed by atoms with Gasteiger partial charge >= 0.3 is 0 Å². The second-order valence-electron chi connectivity index (χ2n) is 29.0. The van der Waals surface area contributed by atoms with Gasteiger partial charge in [0.2, 0.25) is 34.2 Å². The molecule has 0 spiro atoms. The van der Waals surface area contributed by atoms with E-state index in [4.69, 9.17) is 56.0 Å². The number of imidazole rings is 5. The molecule has 13 aromatic heterocycles. The highest BCUT2D eigenvalue weighted by Crippen LogP contribution is 2.38. The van der Waals surface area contributed by atoms with Crippen LogP contribution >= 0.6 is 27.5 Å². The molecule has 0 saturated carbocycles. The van der Waals surface area contributed by atoms with Crippen LogP contribution in [0.4, 0.5) is 57.4 Å². The van der Waals surface area contributed by atoms with Crippen molar-refractivity contribution in [3.63, 3.8) is 0 Å². The standard InChI is InChI=1S/C20H18N8O.C15H10N8.C15H15N5O3.C15H17N5O.C12H12BrN3O3.C5H2ClN3.C3H4N2.H2O/c1-21-15-11-22-20(23-12-15)26-14-9-16-19(17(10-14)28-7-4-6-25-28)24-13-27(16)18-5-2-3-8-29-18;1-16-11-7-17-15(18-8-11)22-10-5-12-14(20-9-19-12)13(6-10)23-4-2-3-21-23;21-20(22)11-8-12-15(13(9-11)19-6-3-5-17-19)16-10-18(12)14-4-1-2-7-23-14;16-11-8-12-15(13(9-11)20-6-3-5-18-20)17-10-19(12)14-4-1-2-7-21-14;13-9-5-8(16(17)18)6-10-12(9)14-7-15(10)11-3-1-2-4-19-11;1-7-4-2-8-5(6)9-3-4;1-2-4-5-3-1;/h4,6-7,9-13,18H,2-3,5,8H2,(H,22,23,26);2-9H,(H,19,20)(H,17,18,22);3,5-6,8-10,14H,1-2,4,7H2;3,5-6,8-10,14H,1-2,4,7,16H2;5-7,11H,1-4H2;2-3H;1-3H,(H,4,5);1H2. The van der Waals surface area contributed by atoms with E-state index in [0.717, 1.165) is 163 Å². The lowest BCUT2D eigenvalue weighted by atomic mass is 10.1. The predicted octanol–water partition coefficient (Wildman–Crippen LogP) is 16.8. The molecule has 4 fully saturated rings. The molecule has 130 heavy (non-hydrogen) atoms. The summed E-state index contributed by atoms with van der Waals surface area (Å²) in [6.07, 6.45) is 47.5. The first-order valence-electron chi connectivity index (χ1n) is 40.6. The Kier molecular flexibility index (Phi) is 28.9. The van der Waals surface area contributed by atoms with Gasteiger partial charge in [0.15, 0.2) is 0 Å². The number of nitrogens with one attached hydrogen (secondary N) is 4. The first-order chi connectivity index (χ1) is 63.2. The summed E-state index contributed by atoms with van der Waals surface area (Å²) >= 11 is 8.68. The lowest BCUT2D eigenvalue weighted by molar-refractivity contribution is -0.384. The number of non-ortho nitro benzene ring substituents is 2. The molecule has 4 saturated heterocycles. The van der Waals surface area contributed by atoms with E-state index in [2.05, 4.69) is 141 Å². The van der Waals surface area contributed by atoms with Crippen molar-refractivity contribution in [3.8, 4) is 22.7 Å². The number of benzene rings is 5. The monoisotopic (exact) mass is 1830 g/mol. The smallest absolute Gasteiger partial charge is 0.273 e. The zero-order chi connectivity index (χ0) is 89.0. The van der Waals surface area contributed by atoms with E-state index in [0.29, 0.717) is 62.4 Å². The van der Waals surface area contributed by atoms with Crippen LogP contribution < -0.4 is 16.4 Å². The SMILES string of the molecule is Nc1cc(-n2cccn2)c2ncn(C3CCCCO3)c2c1.O.O=[N+]([O-])c1cc(-n2cccn2)c2ncn(C3CCCCO3)c2c1.O=[N+]([O-])c1cc(Br)c2ncn(C3CCCCO3)c2c1.[C-]#[N+]c1cnc(Cl)nc1.[C-]#[N+]c1cnc(Nc2cc(-n3cccn3)c3nc[nH]c3c2)nc1.[C-]#[N+]c1cnc(Nc2cc(-n3cccn3)c3ncn(C4CCCCO4)c3c2)nc1.c1cn[nH]c1. The Bertz CT molecular complexity index is 6890. The molecule has 18 aromatic rings. The number of nitrogen functional groups attached to an aromatic ring is 1. The topological polar surface area (TPSA) is 495 Å². The van der Waals surface area contributed by atoms with E-state index < -0.39 is 9.85 Å². The molecule has 0 bridgehead atoms. The molecular formula is C85H80BrClN34O9. The summed E-state index contributed by atoms with van der Waals surface area (Å²) in [5.41, 5.74) is 21.0. The number of nitro benzene ring substituents is 2. The Labute approximate surface area is 751 Å². The van der Waals surface area contributed by atoms with Gasteiger partial charge in [-0.2, -0.15) is 25.5 Å². The first-order valence-corrected chi connectivity index (χ1v) is 41.8. The van der Waals surface area contributed by atoms with Crippen molar-refractivity contribution in [2.45, 2.75) is 102 Å². The van der Waals surface area contributed by atoms with Crippen LogP contribution in [0.15, 0.2) is 226 Å². The number of aromatic nitrogens is 26. The van der Waals surface area contributed by atoms with E-state index in [1.54, 1.807) is 99.3 Å². The van der Waals surface area contributed by atoms with Gasteiger partial charge in [0.25, 0.3) is 11.4 Å². The number of rotatable bonds is 14. The summed E-state index contributed by atoms with van der Waals surface area (Å²) in [4.78, 5) is 80.3. The zero-order valence-corrected chi connectivity index (χ0v) is 71.3. The van der Waals surface area contributed by atoms with Gasteiger partial charge in [-0.1, -0.05) is 0 Å². The van der Waals surface area contributed by atoms with Crippen LogP contribution in [0.1, 0.15) is 102 Å². The Hall–Kier alpha value is -16.0. The number of nitrogens with zero attached hydrogens (tertiary/aromatic N) is 29. The number of fused-ring (bicyclic) bond motifs is 5. The molecule has 8 N–H and O–H groups in total. The molecule has 5 aromatic carbocycles. The summed E-state index contributed by atoms with van der Waals surface area (Å²) in [7, 11) is 0. The van der Waals surface area contributed by atoms with Crippen molar-refractivity contribution in [2.24, 2.45) is 0 Å². The van der Waals surface area contributed by atoms with Crippen LogP contribution in [0.5, 0.6) is 0 Å². The van der Waals surface area contributed by atoms with Crippen molar-refractivity contribution in [2.75, 3.05) is 42.8 Å². The molecule has 43 nitrogen and oxygen atoms in total. The predicted molar refractivity (Wildman–Crippen MR) is 483 cm³/mol. The van der Waals surface area contributed by atoms with Crippen molar-refractivity contribution in [1.82, 2.24) is 127 Å². The zero-order valence-electron chi connectivity index (χ0n) is 69.0. The van der Waals surface area contributed by atoms with Gasteiger partial charge in [-0.15, -0.1) is 0 Å². The maximum atomic E-state index is 11.3. The molecular weight excluding hydrogens is 1760 g/mol. The number of nitro groups is 2. The highest BCUT2D eigenvalue weighted by atomic mass is 79.9. The summed E-state index contributed by atoms with van der Waals surface area (Å²) in [5.74, 6) is 0.839. The van der Waals surface area contributed by atoms with E-state index >= 15 is 0 Å². The van der Waals surface area contributed by atoms with Crippen LogP contribution in [0.2, 0.25) is 5.28 Å². The minimum absolute atomic E-state index is 0. The second-order valence-corrected chi connectivity index (χ2v) is 30.2. The highest BCUT2D eigenvalue weighted by molar-refractivity contribution is 9.10. The van der Waals surface area contributed by atoms with Gasteiger partial charge in [0, 0.05) is 167 Å². The third-order valence-corrected chi connectivity index (χ3v) is 21.4. The number of hydrogen-bond donors (Lipinski definition) is 5. The van der Waals surface area contributed by atoms with Crippen molar-refractivity contribution in [1.29, 1.82) is 0 Å². The third-order valence-electron chi connectivity index (χ3n) is 20.6. The van der Waals surface area contributed by atoms with E-state index in [9.17, 15) is 20.2 Å². The maximum Gasteiger partial charge on any atom is 0.273 e. The van der Waals surface area contributed by atoms with Crippen molar-refractivity contribution >= 4 is 140 Å². The average Bonchev–Trinajstić information content (AvgIpc) is 1.62. The number of nitrogens with two attached hydrogens (primary N) is 1. The molecule has 4 atom stereocenters. The first kappa shape index (κ1) is 88.8. The minimum Gasteiger partial charge on any atom is -0.412 e. The average molecular weight is 1840 g/mol. The fourth-order valence-electron chi connectivity index (χ4n) is 14.6. The van der Waals surface area contributed by atoms with Gasteiger partial charge < -0.3 is 64.0 Å².